The molecule has 0 saturated carbocycles. The van der Waals surface area contributed by atoms with Gasteiger partial charge in [0.2, 0.25) is 0 Å². The largest absolute Gasteiger partial charge is 0.457 e. The number of nitrogens with one attached hydrogen (secondary N) is 2. The maximum Gasteiger partial charge on any atom is 0.161 e. The summed E-state index contributed by atoms with van der Waals surface area (Å²) in [6, 6.07) is 15.7. The molecule has 2 N–H and O–H groups in total. The number of carbonyl (C=O) groups is 1. The lowest BCUT2D eigenvalue weighted by Crippen LogP contribution is -2.12. The third-order valence-electron chi connectivity index (χ3n) is 5.34. The molecular formula is C31H35FN4O2. The number of nitrogens with zero attached hydrogens (tertiary/aromatic N) is 2. The van der Waals surface area contributed by atoms with Crippen molar-refractivity contribution in [3.05, 3.63) is 119 Å². The fourth-order valence-corrected chi connectivity index (χ4v) is 3.34. The van der Waals surface area contributed by atoms with Crippen molar-refractivity contribution in [2.45, 2.75) is 34.2 Å². The Morgan fingerprint density at radius 3 is 2.55 bits per heavy atom. The van der Waals surface area contributed by atoms with Crippen LogP contribution in [0.4, 0.5) is 4.39 Å². The Bertz CT molecular complexity index is 1350. The van der Waals surface area contributed by atoms with Crippen molar-refractivity contribution in [3.63, 3.8) is 0 Å². The van der Waals surface area contributed by atoms with Gasteiger partial charge in [0.1, 0.15) is 23.4 Å². The monoisotopic (exact) mass is 514 g/mol. The standard InChI is InChI=1S/C22H18FN3O.C7H9NO.C2H6.H2/c1-15-20(4-3-5-22(15)27-19-8-10-25-11-9-19)16(2)26-14-17-6-7-18(13-24)21(23)12-17;1-6(9)7-3-2-4-8-5-7;1-2;/h3-12,26H,2,14H2,1H3;2-3,5,8H,4H2,1H3;1-2H3;1H. The highest BCUT2D eigenvalue weighted by molar-refractivity contribution is 5.96. The van der Waals surface area contributed by atoms with E-state index >= 15 is 0 Å². The van der Waals surface area contributed by atoms with Crippen molar-refractivity contribution in [2.24, 2.45) is 0 Å². The van der Waals surface area contributed by atoms with E-state index < -0.39 is 5.82 Å². The number of ether oxygens (including phenoxy) is 1. The van der Waals surface area contributed by atoms with Crippen LogP contribution in [-0.2, 0) is 11.3 Å². The van der Waals surface area contributed by atoms with Crippen LogP contribution in [0, 0.1) is 24.1 Å². The number of hydrogen-bond acceptors (Lipinski definition) is 6. The fourth-order valence-electron chi connectivity index (χ4n) is 3.34. The zero-order valence-electron chi connectivity index (χ0n) is 22.2. The molecule has 0 amide bonds. The molecule has 0 fully saturated rings. The summed E-state index contributed by atoms with van der Waals surface area (Å²) in [6.07, 6.45) is 8.84. The molecule has 6 nitrogen and oxygen atoms in total. The second-order valence-corrected chi connectivity index (χ2v) is 7.94. The molecule has 0 bridgehead atoms. The average molecular weight is 515 g/mol. The van der Waals surface area contributed by atoms with Crippen LogP contribution in [-0.4, -0.2) is 17.3 Å². The highest BCUT2D eigenvalue weighted by Gasteiger charge is 2.10. The Labute approximate surface area is 225 Å². The van der Waals surface area contributed by atoms with E-state index in [1.165, 1.54) is 12.1 Å². The minimum Gasteiger partial charge on any atom is -0.457 e. The Hall–Kier alpha value is -4.70. The first-order valence-electron chi connectivity index (χ1n) is 12.3. The van der Waals surface area contributed by atoms with Crippen molar-refractivity contribution in [1.29, 1.82) is 5.26 Å². The fraction of sp³-hybridized carbons (Fsp3) is 0.194. The number of nitriles is 1. The van der Waals surface area contributed by atoms with E-state index in [0.717, 1.165) is 34.6 Å². The van der Waals surface area contributed by atoms with E-state index in [1.54, 1.807) is 43.7 Å². The van der Waals surface area contributed by atoms with E-state index in [9.17, 15) is 9.18 Å². The SMILES string of the molecule is C=C(NCc1ccc(C#N)c(F)c1)c1cccc(Oc2ccncc2)c1C.CC.CC(=O)C1=CNCC=C1.[HH]. The first-order chi connectivity index (χ1) is 18.4. The molecule has 1 aromatic heterocycles. The Morgan fingerprint density at radius 1 is 1.24 bits per heavy atom. The van der Waals surface area contributed by atoms with Gasteiger partial charge < -0.3 is 15.4 Å². The number of allylic oxidation sites excluding steroid dienone is 2. The number of rotatable bonds is 7. The van der Waals surface area contributed by atoms with E-state index in [-0.39, 0.29) is 12.8 Å². The van der Waals surface area contributed by atoms with Gasteiger partial charge in [0.25, 0.3) is 0 Å². The second kappa shape index (κ2) is 15.4. The normalized spacial score (nSPS) is 11.2. The maximum absolute atomic E-state index is 13.7. The second-order valence-electron chi connectivity index (χ2n) is 7.94. The molecule has 2 aromatic carbocycles. The van der Waals surface area contributed by atoms with Crippen molar-refractivity contribution in [2.75, 3.05) is 6.54 Å². The third-order valence-corrected chi connectivity index (χ3v) is 5.34. The van der Waals surface area contributed by atoms with Gasteiger partial charge in [-0.3, -0.25) is 9.78 Å². The van der Waals surface area contributed by atoms with Crippen LogP contribution in [0.15, 0.2) is 91.4 Å². The number of pyridine rings is 1. The topological polar surface area (TPSA) is 87.0 Å². The number of dihydropyridines is 1. The minimum absolute atomic E-state index is 0. The molecule has 0 atom stereocenters. The van der Waals surface area contributed by atoms with Gasteiger partial charge >= 0.3 is 0 Å². The van der Waals surface area contributed by atoms with Crippen LogP contribution in [0.25, 0.3) is 5.70 Å². The van der Waals surface area contributed by atoms with Crippen molar-refractivity contribution >= 4 is 11.5 Å². The molecule has 1 aliphatic rings. The van der Waals surface area contributed by atoms with E-state index in [1.807, 2.05) is 57.2 Å². The van der Waals surface area contributed by atoms with Crippen LogP contribution in [0.5, 0.6) is 11.5 Å². The number of Topliss-reactive ketones (excluding diaryl/α,β-unsaturated/α-hetero) is 1. The minimum atomic E-state index is -0.522. The van der Waals surface area contributed by atoms with Crippen molar-refractivity contribution < 1.29 is 15.3 Å². The number of ketones is 1. The summed E-state index contributed by atoms with van der Waals surface area (Å²) in [4.78, 5) is 14.6. The molecule has 3 aromatic rings. The molecule has 1 aliphatic heterocycles. The van der Waals surface area contributed by atoms with Gasteiger partial charge in [-0.1, -0.05) is 50.8 Å². The Kier molecular flexibility index (Phi) is 12.0. The molecule has 0 aliphatic carbocycles. The van der Waals surface area contributed by atoms with Crippen LogP contribution >= 0.6 is 0 Å². The van der Waals surface area contributed by atoms with Gasteiger partial charge in [-0.2, -0.15) is 5.26 Å². The van der Waals surface area contributed by atoms with Gasteiger partial charge in [-0.25, -0.2) is 4.39 Å². The molecule has 38 heavy (non-hydrogen) atoms. The lowest BCUT2D eigenvalue weighted by Gasteiger charge is -2.15. The lowest BCUT2D eigenvalue weighted by molar-refractivity contribution is -0.113. The quantitative estimate of drug-likeness (QED) is 0.359. The predicted molar refractivity (Wildman–Crippen MR) is 152 cm³/mol. The number of halogens is 1. The average Bonchev–Trinajstić information content (AvgIpc) is 2.95. The first-order valence-corrected chi connectivity index (χ1v) is 12.3. The van der Waals surface area contributed by atoms with Crippen LogP contribution in [0.3, 0.4) is 0 Å². The van der Waals surface area contributed by atoms with E-state index in [0.29, 0.717) is 18.0 Å². The maximum atomic E-state index is 13.7. The molecule has 0 radical (unpaired) electrons. The van der Waals surface area contributed by atoms with Crippen LogP contribution < -0.4 is 15.4 Å². The molecule has 0 spiro atoms. The summed E-state index contributed by atoms with van der Waals surface area (Å²) in [5.74, 6) is 1.02. The van der Waals surface area contributed by atoms with Gasteiger partial charge in [0.15, 0.2) is 5.78 Å². The van der Waals surface area contributed by atoms with E-state index in [2.05, 4.69) is 22.2 Å². The Morgan fingerprint density at radius 2 is 1.97 bits per heavy atom. The lowest BCUT2D eigenvalue weighted by atomic mass is 10.0. The molecular weight excluding hydrogens is 479 g/mol. The van der Waals surface area contributed by atoms with Gasteiger partial charge in [0.05, 0.1) is 5.56 Å². The summed E-state index contributed by atoms with van der Waals surface area (Å²) in [5, 5.41) is 15.0. The molecule has 4 rings (SSSR count). The zero-order chi connectivity index (χ0) is 27.9. The smallest absolute Gasteiger partial charge is 0.161 e. The summed E-state index contributed by atoms with van der Waals surface area (Å²) < 4.78 is 19.6. The van der Waals surface area contributed by atoms with Crippen molar-refractivity contribution in [1.82, 2.24) is 15.6 Å². The van der Waals surface area contributed by atoms with Gasteiger partial charge in [-0.05, 0) is 49.7 Å². The van der Waals surface area contributed by atoms with E-state index in [4.69, 9.17) is 10.00 Å². The highest BCUT2D eigenvalue weighted by atomic mass is 19.1. The number of hydrogen-bond donors (Lipinski definition) is 2. The molecule has 2 heterocycles. The van der Waals surface area contributed by atoms with Crippen LogP contribution in [0.1, 0.15) is 44.5 Å². The molecule has 7 heteroatoms. The first kappa shape index (κ1) is 29.5. The molecule has 0 unspecified atom stereocenters. The van der Waals surface area contributed by atoms with Gasteiger partial charge in [0, 0.05) is 55.5 Å². The van der Waals surface area contributed by atoms with Gasteiger partial charge in [-0.15, -0.1) is 0 Å². The highest BCUT2D eigenvalue weighted by Crippen LogP contribution is 2.29. The van der Waals surface area contributed by atoms with Crippen molar-refractivity contribution in [3.8, 4) is 17.6 Å². The summed E-state index contributed by atoms with van der Waals surface area (Å²) in [5.41, 5.74) is 4.08. The zero-order valence-corrected chi connectivity index (χ0v) is 22.2. The number of aromatic nitrogens is 1. The summed E-state index contributed by atoms with van der Waals surface area (Å²) in [6.45, 7) is 12.8. The number of benzene rings is 2. The van der Waals surface area contributed by atoms with Crippen LogP contribution in [0.2, 0.25) is 0 Å². The summed E-state index contributed by atoms with van der Waals surface area (Å²) >= 11 is 0. The Balaban J connectivity index is 0.000000535. The third kappa shape index (κ3) is 8.75. The molecule has 198 valence electrons. The predicted octanol–water partition coefficient (Wildman–Crippen LogP) is 6.84. The summed E-state index contributed by atoms with van der Waals surface area (Å²) in [7, 11) is 0. The number of carbonyl (C=O) groups excluding carboxylic acids is 1. The molecule has 0 saturated heterocycles.